The van der Waals surface area contributed by atoms with Crippen LogP contribution in [0.25, 0.3) is 0 Å². The number of hydrogen-bond donors (Lipinski definition) is 2. The van der Waals surface area contributed by atoms with Crippen LogP contribution in [0.15, 0.2) is 28.7 Å². The summed E-state index contributed by atoms with van der Waals surface area (Å²) in [5.74, 6) is -1.45. The maximum atomic E-state index is 11.6. The number of benzene rings is 1. The fraction of sp³-hybridized carbons (Fsp3) is 0.200. The van der Waals surface area contributed by atoms with E-state index in [1.54, 1.807) is 24.3 Å². The smallest absolute Gasteiger partial charge is 0.320 e. The molecule has 0 bridgehead atoms. The van der Waals surface area contributed by atoms with E-state index in [2.05, 4.69) is 15.9 Å². The molecule has 0 aliphatic rings. The third-order valence-electron chi connectivity index (χ3n) is 1.90. The van der Waals surface area contributed by atoms with Gasteiger partial charge in [0, 0.05) is 16.5 Å². The van der Waals surface area contributed by atoms with E-state index in [1.807, 2.05) is 0 Å². The summed E-state index contributed by atoms with van der Waals surface area (Å²) in [5, 5.41) is 8.56. The zero-order valence-corrected chi connectivity index (χ0v) is 9.40. The quantitative estimate of drug-likeness (QED) is 0.812. The SMILES string of the molecule is NC(CC(=O)c1ccccc1Br)C(=O)O. The third kappa shape index (κ3) is 3.14. The topological polar surface area (TPSA) is 80.4 Å². The Kier molecular flexibility index (Phi) is 3.99. The van der Waals surface area contributed by atoms with E-state index >= 15 is 0 Å². The van der Waals surface area contributed by atoms with Gasteiger partial charge in [0.1, 0.15) is 6.04 Å². The van der Waals surface area contributed by atoms with Crippen molar-refractivity contribution < 1.29 is 14.7 Å². The zero-order chi connectivity index (χ0) is 11.4. The maximum absolute atomic E-state index is 11.6. The van der Waals surface area contributed by atoms with E-state index in [-0.39, 0.29) is 12.2 Å². The molecule has 0 aliphatic heterocycles. The monoisotopic (exact) mass is 271 g/mol. The number of carbonyl (C=O) groups is 2. The second kappa shape index (κ2) is 5.04. The van der Waals surface area contributed by atoms with E-state index in [4.69, 9.17) is 10.8 Å². The van der Waals surface area contributed by atoms with Gasteiger partial charge in [0.25, 0.3) is 0 Å². The summed E-state index contributed by atoms with van der Waals surface area (Å²) in [5.41, 5.74) is 5.72. The molecule has 0 amide bonds. The van der Waals surface area contributed by atoms with E-state index in [0.717, 1.165) is 0 Å². The lowest BCUT2D eigenvalue weighted by molar-refractivity contribution is -0.138. The van der Waals surface area contributed by atoms with Gasteiger partial charge in [-0.25, -0.2) is 0 Å². The van der Waals surface area contributed by atoms with Gasteiger partial charge in [-0.15, -0.1) is 0 Å². The van der Waals surface area contributed by atoms with Crippen LogP contribution in [0.3, 0.4) is 0 Å². The number of aliphatic carboxylic acids is 1. The normalized spacial score (nSPS) is 12.1. The minimum Gasteiger partial charge on any atom is -0.480 e. The zero-order valence-electron chi connectivity index (χ0n) is 7.81. The van der Waals surface area contributed by atoms with Gasteiger partial charge < -0.3 is 10.8 Å². The average Bonchev–Trinajstić information content (AvgIpc) is 2.18. The second-order valence-corrected chi connectivity index (χ2v) is 3.91. The van der Waals surface area contributed by atoms with Crippen molar-refractivity contribution in [3.8, 4) is 0 Å². The molecule has 1 aromatic rings. The van der Waals surface area contributed by atoms with Gasteiger partial charge in [0.15, 0.2) is 5.78 Å². The highest BCUT2D eigenvalue weighted by molar-refractivity contribution is 9.10. The number of carbonyl (C=O) groups excluding carboxylic acids is 1. The molecule has 4 nitrogen and oxygen atoms in total. The van der Waals surface area contributed by atoms with Gasteiger partial charge in [-0.3, -0.25) is 9.59 Å². The Morgan fingerprint density at radius 2 is 2.00 bits per heavy atom. The first-order chi connectivity index (χ1) is 7.02. The predicted molar refractivity (Wildman–Crippen MR) is 58.7 cm³/mol. The van der Waals surface area contributed by atoms with Crippen molar-refractivity contribution in [1.82, 2.24) is 0 Å². The Morgan fingerprint density at radius 3 is 2.53 bits per heavy atom. The molecule has 0 spiro atoms. The highest BCUT2D eigenvalue weighted by atomic mass is 79.9. The average molecular weight is 272 g/mol. The van der Waals surface area contributed by atoms with Gasteiger partial charge in [0.05, 0.1) is 0 Å². The van der Waals surface area contributed by atoms with Crippen LogP contribution in [0, 0.1) is 0 Å². The van der Waals surface area contributed by atoms with Crippen LogP contribution in [0.1, 0.15) is 16.8 Å². The minimum absolute atomic E-state index is 0.196. The van der Waals surface area contributed by atoms with Crippen molar-refractivity contribution >= 4 is 27.7 Å². The number of nitrogens with two attached hydrogens (primary N) is 1. The van der Waals surface area contributed by atoms with Crippen LogP contribution in [0.2, 0.25) is 0 Å². The van der Waals surface area contributed by atoms with Crippen molar-refractivity contribution in [1.29, 1.82) is 0 Å². The Hall–Kier alpha value is -1.20. The molecule has 0 radical (unpaired) electrons. The highest BCUT2D eigenvalue weighted by Gasteiger charge is 2.18. The van der Waals surface area contributed by atoms with Crippen LogP contribution in [0.5, 0.6) is 0 Å². The summed E-state index contributed by atoms with van der Waals surface area (Å²) in [6.07, 6.45) is -0.196. The predicted octanol–water partition coefficient (Wildman–Crippen LogP) is 1.43. The number of halogens is 1. The van der Waals surface area contributed by atoms with Gasteiger partial charge in [-0.1, -0.05) is 34.1 Å². The lowest BCUT2D eigenvalue weighted by Gasteiger charge is -2.06. The summed E-state index contributed by atoms with van der Waals surface area (Å²) in [7, 11) is 0. The van der Waals surface area contributed by atoms with Gasteiger partial charge in [-0.2, -0.15) is 0 Å². The van der Waals surface area contributed by atoms with E-state index in [9.17, 15) is 9.59 Å². The van der Waals surface area contributed by atoms with E-state index in [1.165, 1.54) is 0 Å². The highest BCUT2D eigenvalue weighted by Crippen LogP contribution is 2.17. The van der Waals surface area contributed by atoms with Crippen molar-refractivity contribution in [2.45, 2.75) is 12.5 Å². The molecule has 0 aromatic heterocycles. The minimum atomic E-state index is -1.17. The molecule has 0 heterocycles. The third-order valence-corrected chi connectivity index (χ3v) is 2.59. The van der Waals surface area contributed by atoms with Crippen LogP contribution in [-0.4, -0.2) is 22.9 Å². The van der Waals surface area contributed by atoms with Crippen LogP contribution >= 0.6 is 15.9 Å². The standard InChI is InChI=1S/C10H10BrNO3/c11-7-4-2-1-3-6(7)9(13)5-8(12)10(14)15/h1-4,8H,5,12H2,(H,14,15). The number of carboxylic acids is 1. The Bertz CT molecular complexity index is 392. The lowest BCUT2D eigenvalue weighted by Crippen LogP contribution is -2.32. The molecule has 1 aromatic carbocycles. The summed E-state index contributed by atoms with van der Waals surface area (Å²) < 4.78 is 0.646. The number of Topliss-reactive ketones (excluding diaryl/α,β-unsaturated/α-hetero) is 1. The Labute approximate surface area is 95.2 Å². The molecule has 0 saturated carbocycles. The van der Waals surface area contributed by atoms with Gasteiger partial charge >= 0.3 is 5.97 Å². The molecule has 80 valence electrons. The van der Waals surface area contributed by atoms with E-state index in [0.29, 0.717) is 10.0 Å². The summed E-state index contributed by atoms with van der Waals surface area (Å²) in [4.78, 5) is 22.1. The van der Waals surface area contributed by atoms with Crippen molar-refractivity contribution in [2.75, 3.05) is 0 Å². The number of hydrogen-bond acceptors (Lipinski definition) is 3. The molecular formula is C10H10BrNO3. The summed E-state index contributed by atoms with van der Waals surface area (Å²) >= 11 is 3.21. The Balaban J connectivity index is 2.78. The van der Waals surface area contributed by atoms with Gasteiger partial charge in [0.2, 0.25) is 0 Å². The molecule has 3 N–H and O–H groups in total. The first-order valence-corrected chi connectivity index (χ1v) is 5.07. The fourth-order valence-corrected chi connectivity index (χ4v) is 1.59. The molecule has 5 heteroatoms. The molecule has 0 saturated heterocycles. The molecule has 0 aliphatic carbocycles. The van der Waals surface area contributed by atoms with Crippen molar-refractivity contribution in [3.63, 3.8) is 0 Å². The van der Waals surface area contributed by atoms with Crippen LogP contribution in [-0.2, 0) is 4.79 Å². The largest absolute Gasteiger partial charge is 0.480 e. The number of ketones is 1. The molecular weight excluding hydrogens is 262 g/mol. The number of rotatable bonds is 4. The molecule has 15 heavy (non-hydrogen) atoms. The van der Waals surface area contributed by atoms with Crippen molar-refractivity contribution in [2.24, 2.45) is 5.73 Å². The molecule has 1 unspecified atom stereocenters. The lowest BCUT2D eigenvalue weighted by atomic mass is 10.0. The second-order valence-electron chi connectivity index (χ2n) is 3.05. The molecule has 1 atom stereocenters. The first-order valence-electron chi connectivity index (χ1n) is 4.28. The fourth-order valence-electron chi connectivity index (χ4n) is 1.08. The molecule has 1 rings (SSSR count). The van der Waals surface area contributed by atoms with Crippen molar-refractivity contribution in [3.05, 3.63) is 34.3 Å². The molecule has 0 fully saturated rings. The summed E-state index contributed by atoms with van der Waals surface area (Å²) in [6, 6.07) is 5.69. The van der Waals surface area contributed by atoms with Crippen LogP contribution < -0.4 is 5.73 Å². The van der Waals surface area contributed by atoms with Crippen LogP contribution in [0.4, 0.5) is 0 Å². The number of carboxylic acid groups (broad SMARTS) is 1. The van der Waals surface area contributed by atoms with Gasteiger partial charge in [-0.05, 0) is 6.07 Å². The first kappa shape index (κ1) is 11.9. The maximum Gasteiger partial charge on any atom is 0.320 e. The van der Waals surface area contributed by atoms with E-state index < -0.39 is 12.0 Å². The Morgan fingerprint density at radius 1 is 1.40 bits per heavy atom. The summed E-state index contributed by atoms with van der Waals surface area (Å²) in [6.45, 7) is 0.